The van der Waals surface area contributed by atoms with Crippen molar-refractivity contribution in [2.75, 3.05) is 13.1 Å². The second-order valence-electron chi connectivity index (χ2n) is 7.98. The van der Waals surface area contributed by atoms with Crippen molar-refractivity contribution in [1.29, 1.82) is 0 Å². The number of carbonyl (C=O) groups excluding carboxylic acids is 1. The molecule has 2 atom stereocenters. The molecule has 1 unspecified atom stereocenters. The average molecular weight is 435 g/mol. The topological polar surface area (TPSA) is 101 Å². The molecule has 1 aliphatic carbocycles. The summed E-state index contributed by atoms with van der Waals surface area (Å²) >= 11 is 0. The first kappa shape index (κ1) is 19.7. The zero-order chi connectivity index (χ0) is 21.4. The largest absolute Gasteiger partial charge is 0.354 e. The molecule has 8 heteroatoms. The van der Waals surface area contributed by atoms with Gasteiger partial charge in [0.2, 0.25) is 5.96 Å². The Morgan fingerprint density at radius 3 is 2.71 bits per heavy atom. The van der Waals surface area contributed by atoms with Crippen LogP contribution in [0, 0.1) is 5.92 Å². The predicted octanol–water partition coefficient (Wildman–Crippen LogP) is 2.39. The number of nitrogens with one attached hydrogen (secondary N) is 2. The fourth-order valence-corrected chi connectivity index (χ4v) is 5.04. The van der Waals surface area contributed by atoms with E-state index in [0.29, 0.717) is 19.5 Å². The van der Waals surface area contributed by atoms with Crippen molar-refractivity contribution in [3.05, 3.63) is 72.1 Å². The van der Waals surface area contributed by atoms with Crippen LogP contribution in [0.1, 0.15) is 23.5 Å². The minimum absolute atomic E-state index is 0.00855. The van der Waals surface area contributed by atoms with Gasteiger partial charge in [-0.05, 0) is 47.1 Å². The van der Waals surface area contributed by atoms with Crippen molar-refractivity contribution in [1.82, 2.24) is 15.0 Å². The lowest BCUT2D eigenvalue weighted by Gasteiger charge is -2.09. The number of pyridine rings is 1. The Balaban J connectivity index is 1.23. The fourth-order valence-electron chi connectivity index (χ4n) is 4.04. The highest BCUT2D eigenvalue weighted by Gasteiger charge is 2.43. The third kappa shape index (κ3) is 4.16. The van der Waals surface area contributed by atoms with E-state index in [-0.39, 0.29) is 28.5 Å². The molecule has 1 aromatic heterocycles. The monoisotopic (exact) mass is 434 g/mol. The van der Waals surface area contributed by atoms with Gasteiger partial charge in [-0.1, -0.05) is 30.3 Å². The van der Waals surface area contributed by atoms with Gasteiger partial charge in [0.05, 0.1) is 11.4 Å². The number of sulfonamides is 1. The molecule has 31 heavy (non-hydrogen) atoms. The van der Waals surface area contributed by atoms with E-state index < -0.39 is 10.0 Å². The first-order valence-corrected chi connectivity index (χ1v) is 11.7. The van der Waals surface area contributed by atoms with Crippen molar-refractivity contribution in [3.63, 3.8) is 0 Å². The molecule has 2 heterocycles. The summed E-state index contributed by atoms with van der Waals surface area (Å²) in [7, 11) is -3.67. The van der Waals surface area contributed by atoms with Gasteiger partial charge in [-0.3, -0.25) is 14.8 Å². The highest BCUT2D eigenvalue weighted by Crippen LogP contribution is 2.48. The van der Waals surface area contributed by atoms with E-state index in [4.69, 9.17) is 0 Å². The second-order valence-corrected chi connectivity index (χ2v) is 9.66. The van der Waals surface area contributed by atoms with Gasteiger partial charge in [-0.25, -0.2) is 13.1 Å². The van der Waals surface area contributed by atoms with Crippen LogP contribution in [0.25, 0.3) is 10.8 Å². The van der Waals surface area contributed by atoms with Gasteiger partial charge in [-0.2, -0.15) is 0 Å². The van der Waals surface area contributed by atoms with E-state index in [1.54, 1.807) is 30.5 Å². The van der Waals surface area contributed by atoms with Gasteiger partial charge in [0.15, 0.2) is 0 Å². The van der Waals surface area contributed by atoms with Crippen molar-refractivity contribution < 1.29 is 13.2 Å². The quantitative estimate of drug-likeness (QED) is 0.620. The van der Waals surface area contributed by atoms with E-state index in [0.717, 1.165) is 28.3 Å². The number of ketones is 1. The Morgan fingerprint density at radius 1 is 1.10 bits per heavy atom. The molecule has 1 saturated carbocycles. The number of fused-ring (bicyclic) bond motifs is 1. The zero-order valence-corrected chi connectivity index (χ0v) is 17.6. The average Bonchev–Trinajstić information content (AvgIpc) is 3.43. The Bertz CT molecular complexity index is 1290. The molecule has 3 aromatic rings. The molecule has 0 saturated heterocycles. The van der Waals surface area contributed by atoms with Crippen molar-refractivity contribution in [3.8, 4) is 0 Å². The Labute approximate surface area is 180 Å². The summed E-state index contributed by atoms with van der Waals surface area (Å²) in [5, 5.41) is 5.03. The maximum atomic E-state index is 12.8. The van der Waals surface area contributed by atoms with Gasteiger partial charge in [0.25, 0.3) is 10.0 Å². The number of benzene rings is 2. The molecule has 5 rings (SSSR count). The van der Waals surface area contributed by atoms with Crippen molar-refractivity contribution in [2.45, 2.75) is 23.7 Å². The van der Waals surface area contributed by atoms with Gasteiger partial charge in [0, 0.05) is 36.7 Å². The molecular formula is C23H22N4O3S. The highest BCUT2D eigenvalue weighted by atomic mass is 32.2. The Kier molecular flexibility index (Phi) is 4.94. The summed E-state index contributed by atoms with van der Waals surface area (Å²) in [6, 6.07) is 14.8. The molecule has 2 aliphatic rings. The third-order valence-electron chi connectivity index (χ3n) is 5.81. The molecule has 1 fully saturated rings. The van der Waals surface area contributed by atoms with Crippen molar-refractivity contribution in [2.24, 2.45) is 10.9 Å². The first-order chi connectivity index (χ1) is 15.0. The highest BCUT2D eigenvalue weighted by molar-refractivity contribution is 7.90. The lowest BCUT2D eigenvalue weighted by Crippen LogP contribution is -2.38. The number of guanidine groups is 1. The van der Waals surface area contributed by atoms with Crippen LogP contribution < -0.4 is 10.0 Å². The molecule has 0 amide bonds. The predicted molar refractivity (Wildman–Crippen MR) is 118 cm³/mol. The maximum Gasteiger partial charge on any atom is 0.264 e. The van der Waals surface area contributed by atoms with Crippen LogP contribution in [0.5, 0.6) is 0 Å². The molecule has 0 bridgehead atoms. The van der Waals surface area contributed by atoms with Crippen LogP contribution in [0.3, 0.4) is 0 Å². The number of hydrogen-bond donors (Lipinski definition) is 2. The summed E-state index contributed by atoms with van der Waals surface area (Å²) < 4.78 is 27.4. The molecule has 2 aromatic carbocycles. The van der Waals surface area contributed by atoms with Crippen LogP contribution >= 0.6 is 0 Å². The van der Waals surface area contributed by atoms with Gasteiger partial charge >= 0.3 is 0 Å². The van der Waals surface area contributed by atoms with Crippen molar-refractivity contribution >= 4 is 32.5 Å². The third-order valence-corrected chi connectivity index (χ3v) is 7.17. The lowest BCUT2D eigenvalue weighted by atomic mass is 10.0. The normalized spacial score (nSPS) is 20.2. The number of aromatic nitrogens is 1. The standard InChI is InChI=1S/C23H22N4O3S/c28-22(12-15-1-2-18-14-24-8-7-17(18)11-15)21-13-20(21)16-3-5-19(6-4-16)31(29,30)27-23-25-9-10-26-23/h1-8,11,14,20-21H,9-10,12-13H2,(H2,25,26,27)/t20?,21-/m1/s1. The lowest BCUT2D eigenvalue weighted by molar-refractivity contribution is -0.119. The van der Waals surface area contributed by atoms with Gasteiger partial charge in [-0.15, -0.1) is 0 Å². The van der Waals surface area contributed by atoms with Crippen LogP contribution in [0.15, 0.2) is 70.8 Å². The maximum absolute atomic E-state index is 12.8. The van der Waals surface area contributed by atoms with E-state index >= 15 is 0 Å². The Morgan fingerprint density at radius 2 is 1.94 bits per heavy atom. The zero-order valence-electron chi connectivity index (χ0n) is 16.8. The molecular weight excluding hydrogens is 412 g/mol. The van der Waals surface area contributed by atoms with Crippen LogP contribution in [-0.2, 0) is 21.2 Å². The van der Waals surface area contributed by atoms with E-state index in [2.05, 4.69) is 20.0 Å². The number of nitrogens with zero attached hydrogens (tertiary/aromatic N) is 2. The second kappa shape index (κ2) is 7.77. The van der Waals surface area contributed by atoms with Gasteiger partial charge < -0.3 is 5.32 Å². The van der Waals surface area contributed by atoms with Crippen LogP contribution in [0.4, 0.5) is 0 Å². The summed E-state index contributed by atoms with van der Waals surface area (Å²) in [5.74, 6) is 0.650. The number of Topliss-reactive ketones (excluding diaryl/α,β-unsaturated/α-hetero) is 1. The van der Waals surface area contributed by atoms with Crippen LogP contribution in [-0.4, -0.2) is 38.2 Å². The van der Waals surface area contributed by atoms with Crippen LogP contribution in [0.2, 0.25) is 0 Å². The fraction of sp³-hybridized carbons (Fsp3) is 0.261. The molecule has 7 nitrogen and oxygen atoms in total. The first-order valence-electron chi connectivity index (χ1n) is 10.3. The van der Waals surface area contributed by atoms with Gasteiger partial charge in [0.1, 0.15) is 5.78 Å². The number of aliphatic imine (C=N–C) groups is 1. The Hall–Kier alpha value is -3.26. The number of hydrogen-bond acceptors (Lipinski definition) is 6. The number of rotatable bonds is 6. The summed E-state index contributed by atoms with van der Waals surface area (Å²) in [6.07, 6.45) is 4.78. The van der Waals surface area contributed by atoms with E-state index in [9.17, 15) is 13.2 Å². The summed E-state index contributed by atoms with van der Waals surface area (Å²) in [6.45, 7) is 1.19. The molecule has 0 radical (unpaired) electrons. The minimum Gasteiger partial charge on any atom is -0.354 e. The molecule has 1 aliphatic heterocycles. The smallest absolute Gasteiger partial charge is 0.264 e. The molecule has 2 N–H and O–H groups in total. The summed E-state index contributed by atoms with van der Waals surface area (Å²) in [5.41, 5.74) is 2.00. The SMILES string of the molecule is O=C(Cc1ccc2cnccc2c1)[C@@H]1CC1c1ccc(S(=O)(=O)NC2=NCCN2)cc1. The summed E-state index contributed by atoms with van der Waals surface area (Å²) in [4.78, 5) is 21.1. The molecule has 158 valence electrons. The van der Waals surface area contributed by atoms with E-state index in [1.165, 1.54) is 0 Å². The number of carbonyl (C=O) groups is 1. The minimum atomic E-state index is -3.67. The molecule has 0 spiro atoms. The van der Waals surface area contributed by atoms with E-state index in [1.807, 2.05) is 30.5 Å².